The molecule has 1 aliphatic carbocycles. The minimum absolute atomic E-state index is 0.0586. The van der Waals surface area contributed by atoms with E-state index in [2.05, 4.69) is 15.5 Å². The summed E-state index contributed by atoms with van der Waals surface area (Å²) >= 11 is 1.61. The Morgan fingerprint density at radius 2 is 1.97 bits per heavy atom. The second-order valence-electron chi connectivity index (χ2n) is 7.91. The highest BCUT2D eigenvalue weighted by Crippen LogP contribution is 2.33. The summed E-state index contributed by atoms with van der Waals surface area (Å²) in [6, 6.07) is 12.5. The standard InChI is InChI=1S/C24H19N5O4S/c30-22(27-26-13-15-4-3-5-18(12-15)29(32)33)16-8-10-17(11-9-16)28-14-25-23-21(24(28)31)19-6-1-2-7-20(19)34-23/h3-5,8-14H,1-2,6-7H2,(H,27,30)/b26-13-. The normalized spacial score (nSPS) is 13.2. The number of carbonyl (C=O) groups excluding carboxylic acids is 1. The molecule has 9 nitrogen and oxygen atoms in total. The first-order valence-corrected chi connectivity index (χ1v) is 11.5. The number of nitrogens with one attached hydrogen (secondary N) is 1. The number of nitro groups is 1. The molecule has 10 heteroatoms. The molecule has 1 N–H and O–H groups in total. The van der Waals surface area contributed by atoms with E-state index in [1.165, 1.54) is 34.1 Å². The molecule has 0 atom stereocenters. The Hall–Kier alpha value is -4.18. The highest BCUT2D eigenvalue weighted by molar-refractivity contribution is 7.18. The van der Waals surface area contributed by atoms with E-state index in [1.807, 2.05) is 0 Å². The van der Waals surface area contributed by atoms with Crippen molar-refractivity contribution in [3.63, 3.8) is 0 Å². The number of nitrogens with zero attached hydrogens (tertiary/aromatic N) is 4. The van der Waals surface area contributed by atoms with Crippen molar-refractivity contribution in [2.75, 3.05) is 0 Å². The van der Waals surface area contributed by atoms with Crippen LogP contribution in [-0.4, -0.2) is 26.6 Å². The number of hydrogen-bond donors (Lipinski definition) is 1. The Bertz CT molecular complexity index is 1500. The van der Waals surface area contributed by atoms with Gasteiger partial charge in [-0.1, -0.05) is 12.1 Å². The molecule has 0 fully saturated rings. The molecule has 2 aromatic heterocycles. The Balaban J connectivity index is 1.34. The number of aromatic nitrogens is 2. The summed E-state index contributed by atoms with van der Waals surface area (Å²) in [4.78, 5) is 42.5. The van der Waals surface area contributed by atoms with Crippen LogP contribution in [0.2, 0.25) is 0 Å². The van der Waals surface area contributed by atoms with Gasteiger partial charge in [0.25, 0.3) is 17.2 Å². The summed E-state index contributed by atoms with van der Waals surface area (Å²) in [6.45, 7) is 0. The molecule has 0 unspecified atom stereocenters. The number of rotatable bonds is 5. The van der Waals surface area contributed by atoms with Crippen LogP contribution in [-0.2, 0) is 12.8 Å². The van der Waals surface area contributed by atoms with Crippen LogP contribution in [0.4, 0.5) is 5.69 Å². The molecule has 34 heavy (non-hydrogen) atoms. The summed E-state index contributed by atoms with van der Waals surface area (Å²) in [5.41, 5.74) is 4.85. The third kappa shape index (κ3) is 4.11. The van der Waals surface area contributed by atoms with Crippen molar-refractivity contribution in [3.8, 4) is 5.69 Å². The average molecular weight is 474 g/mol. The van der Waals surface area contributed by atoms with Crippen LogP contribution < -0.4 is 11.0 Å². The third-order valence-electron chi connectivity index (χ3n) is 5.74. The van der Waals surface area contributed by atoms with Crippen molar-refractivity contribution >= 4 is 39.4 Å². The molecule has 5 rings (SSSR count). The largest absolute Gasteiger partial charge is 0.271 e. The van der Waals surface area contributed by atoms with Gasteiger partial charge < -0.3 is 0 Å². The molecule has 0 saturated carbocycles. The van der Waals surface area contributed by atoms with Crippen molar-refractivity contribution < 1.29 is 9.72 Å². The molecule has 1 amide bonds. The van der Waals surface area contributed by atoms with E-state index in [-0.39, 0.29) is 11.2 Å². The number of nitro benzene ring substituents is 1. The van der Waals surface area contributed by atoms with Gasteiger partial charge in [-0.05, 0) is 55.5 Å². The maximum atomic E-state index is 13.2. The number of hydrogen-bond acceptors (Lipinski definition) is 7. The van der Waals surface area contributed by atoms with Crippen molar-refractivity contribution in [3.05, 3.63) is 96.9 Å². The van der Waals surface area contributed by atoms with Gasteiger partial charge in [0.1, 0.15) is 11.2 Å². The second-order valence-corrected chi connectivity index (χ2v) is 8.99. The number of aryl methyl sites for hydroxylation is 2. The third-order valence-corrected chi connectivity index (χ3v) is 6.94. The molecule has 2 heterocycles. The lowest BCUT2D eigenvalue weighted by Gasteiger charge is -2.10. The summed E-state index contributed by atoms with van der Waals surface area (Å²) in [5.74, 6) is -0.443. The molecule has 1 aliphatic rings. The van der Waals surface area contributed by atoms with Gasteiger partial charge in [-0.25, -0.2) is 10.4 Å². The van der Waals surface area contributed by atoms with E-state index in [1.54, 1.807) is 47.7 Å². The minimum Gasteiger partial charge on any atom is -0.268 e. The monoisotopic (exact) mass is 473 g/mol. The molecule has 0 spiro atoms. The zero-order valence-electron chi connectivity index (χ0n) is 17.9. The zero-order chi connectivity index (χ0) is 23.7. The fraction of sp³-hybridized carbons (Fsp3) is 0.167. The molecule has 2 aromatic carbocycles. The zero-order valence-corrected chi connectivity index (χ0v) is 18.7. The van der Waals surface area contributed by atoms with E-state index in [0.29, 0.717) is 22.2 Å². The Labute approximate surface area is 197 Å². The SMILES string of the molecule is O=C(N/N=C\c1cccc([N+](=O)[O-])c1)c1ccc(-n2cnc3sc4c(c3c2=O)CCCC4)cc1. The number of thiophene rings is 1. The lowest BCUT2D eigenvalue weighted by atomic mass is 9.97. The molecule has 170 valence electrons. The van der Waals surface area contributed by atoms with Gasteiger partial charge in [0.15, 0.2) is 0 Å². The van der Waals surface area contributed by atoms with Crippen LogP contribution in [0, 0.1) is 10.1 Å². The van der Waals surface area contributed by atoms with Crippen LogP contribution in [0.15, 0.2) is 64.8 Å². The number of amides is 1. The maximum absolute atomic E-state index is 13.2. The predicted molar refractivity (Wildman–Crippen MR) is 130 cm³/mol. The first-order chi connectivity index (χ1) is 16.5. The quantitative estimate of drug-likeness (QED) is 0.267. The topological polar surface area (TPSA) is 119 Å². The van der Waals surface area contributed by atoms with Crippen LogP contribution >= 0.6 is 11.3 Å². The van der Waals surface area contributed by atoms with Crippen molar-refractivity contribution in [1.82, 2.24) is 15.0 Å². The highest BCUT2D eigenvalue weighted by atomic mass is 32.1. The van der Waals surface area contributed by atoms with E-state index < -0.39 is 10.8 Å². The highest BCUT2D eigenvalue weighted by Gasteiger charge is 2.20. The van der Waals surface area contributed by atoms with Gasteiger partial charge >= 0.3 is 0 Å². The van der Waals surface area contributed by atoms with Crippen LogP contribution in [0.1, 0.15) is 39.2 Å². The summed E-state index contributed by atoms with van der Waals surface area (Å²) in [7, 11) is 0. The number of non-ortho nitro benzene ring substituents is 1. The lowest BCUT2D eigenvalue weighted by molar-refractivity contribution is -0.384. The number of fused-ring (bicyclic) bond motifs is 3. The van der Waals surface area contributed by atoms with Crippen molar-refractivity contribution in [2.24, 2.45) is 5.10 Å². The van der Waals surface area contributed by atoms with Gasteiger partial charge in [-0.3, -0.25) is 24.3 Å². The van der Waals surface area contributed by atoms with E-state index in [0.717, 1.165) is 36.1 Å². The summed E-state index contributed by atoms with van der Waals surface area (Å²) in [6.07, 6.45) is 7.01. The molecule has 0 radical (unpaired) electrons. The van der Waals surface area contributed by atoms with Gasteiger partial charge in [-0.2, -0.15) is 5.10 Å². The van der Waals surface area contributed by atoms with E-state index >= 15 is 0 Å². The van der Waals surface area contributed by atoms with Gasteiger partial charge in [0, 0.05) is 28.1 Å². The van der Waals surface area contributed by atoms with Crippen LogP contribution in [0.25, 0.3) is 15.9 Å². The first kappa shape index (κ1) is 21.7. The smallest absolute Gasteiger partial charge is 0.268 e. The van der Waals surface area contributed by atoms with Crippen LogP contribution in [0.5, 0.6) is 0 Å². The first-order valence-electron chi connectivity index (χ1n) is 10.7. The molecule has 4 aromatic rings. The molecule has 0 aliphatic heterocycles. The Morgan fingerprint density at radius 1 is 1.18 bits per heavy atom. The van der Waals surface area contributed by atoms with Crippen molar-refractivity contribution in [2.45, 2.75) is 25.7 Å². The van der Waals surface area contributed by atoms with Crippen LogP contribution in [0.3, 0.4) is 0 Å². The average Bonchev–Trinajstić information content (AvgIpc) is 3.24. The molecular weight excluding hydrogens is 454 g/mol. The molecular formula is C24H19N5O4S. The van der Waals surface area contributed by atoms with E-state index in [4.69, 9.17) is 0 Å². The second kappa shape index (κ2) is 8.99. The number of carbonyl (C=O) groups is 1. The molecule has 0 bridgehead atoms. The lowest BCUT2D eigenvalue weighted by Crippen LogP contribution is -2.20. The Morgan fingerprint density at radius 3 is 2.76 bits per heavy atom. The maximum Gasteiger partial charge on any atom is 0.271 e. The Kier molecular flexibility index (Phi) is 5.72. The fourth-order valence-electron chi connectivity index (χ4n) is 4.05. The van der Waals surface area contributed by atoms with Crippen molar-refractivity contribution in [1.29, 1.82) is 0 Å². The summed E-state index contributed by atoms with van der Waals surface area (Å²) in [5, 5.41) is 15.4. The minimum atomic E-state index is -0.497. The fourth-order valence-corrected chi connectivity index (χ4v) is 5.27. The predicted octanol–water partition coefficient (Wildman–Crippen LogP) is 4.00. The number of hydrazone groups is 1. The van der Waals surface area contributed by atoms with Gasteiger partial charge in [0.2, 0.25) is 0 Å². The summed E-state index contributed by atoms with van der Waals surface area (Å²) < 4.78 is 1.51. The van der Waals surface area contributed by atoms with Gasteiger partial charge in [-0.15, -0.1) is 11.3 Å². The number of benzene rings is 2. The van der Waals surface area contributed by atoms with E-state index in [9.17, 15) is 19.7 Å². The van der Waals surface area contributed by atoms with Gasteiger partial charge in [0.05, 0.1) is 22.2 Å². The molecule has 0 saturated heterocycles.